The molecular formula is C14H19Br2NO. The van der Waals surface area contributed by atoms with Gasteiger partial charge in [-0.1, -0.05) is 0 Å². The second kappa shape index (κ2) is 6.40. The van der Waals surface area contributed by atoms with Gasteiger partial charge >= 0.3 is 0 Å². The Morgan fingerprint density at radius 2 is 1.83 bits per heavy atom. The second-order valence-corrected chi connectivity index (χ2v) is 6.80. The standard InChI is InChI=1S/C14H19Br2NO/c1-9(17)6-10-7-12(15)14(13(16)8-10)18-11-4-2-3-5-11/h7-9,11H,2-6,17H2,1H3. The van der Waals surface area contributed by atoms with Crippen molar-refractivity contribution in [1.82, 2.24) is 0 Å². The zero-order valence-corrected chi connectivity index (χ0v) is 13.8. The van der Waals surface area contributed by atoms with Gasteiger partial charge in [0.1, 0.15) is 5.75 Å². The van der Waals surface area contributed by atoms with E-state index in [-0.39, 0.29) is 6.04 Å². The van der Waals surface area contributed by atoms with Crippen molar-refractivity contribution in [3.8, 4) is 5.75 Å². The van der Waals surface area contributed by atoms with Gasteiger partial charge in [0.05, 0.1) is 15.0 Å². The highest BCUT2D eigenvalue weighted by molar-refractivity contribution is 9.11. The third-order valence-corrected chi connectivity index (χ3v) is 4.38. The van der Waals surface area contributed by atoms with Gasteiger partial charge in [0.15, 0.2) is 0 Å². The molecule has 100 valence electrons. The van der Waals surface area contributed by atoms with Crippen molar-refractivity contribution >= 4 is 31.9 Å². The highest BCUT2D eigenvalue weighted by Gasteiger charge is 2.19. The Bertz CT molecular complexity index is 391. The van der Waals surface area contributed by atoms with Gasteiger partial charge in [0, 0.05) is 6.04 Å². The molecule has 4 heteroatoms. The van der Waals surface area contributed by atoms with Gasteiger partial charge in [0.2, 0.25) is 0 Å². The number of rotatable bonds is 4. The van der Waals surface area contributed by atoms with Gasteiger partial charge in [-0.3, -0.25) is 0 Å². The molecule has 0 bridgehead atoms. The molecule has 0 aliphatic heterocycles. The van der Waals surface area contributed by atoms with Gasteiger partial charge in [-0.2, -0.15) is 0 Å². The van der Waals surface area contributed by atoms with Crippen LogP contribution < -0.4 is 10.5 Å². The van der Waals surface area contributed by atoms with E-state index in [1.165, 1.54) is 31.2 Å². The molecule has 0 aromatic heterocycles. The monoisotopic (exact) mass is 375 g/mol. The zero-order valence-electron chi connectivity index (χ0n) is 10.6. The van der Waals surface area contributed by atoms with Crippen molar-refractivity contribution in [3.05, 3.63) is 26.6 Å². The van der Waals surface area contributed by atoms with Crippen LogP contribution in [-0.4, -0.2) is 12.1 Å². The number of benzene rings is 1. The molecule has 1 aromatic carbocycles. The van der Waals surface area contributed by atoms with E-state index in [9.17, 15) is 0 Å². The Morgan fingerprint density at radius 1 is 1.28 bits per heavy atom. The van der Waals surface area contributed by atoms with Gasteiger partial charge in [-0.25, -0.2) is 0 Å². The maximum atomic E-state index is 6.07. The van der Waals surface area contributed by atoms with Crippen LogP contribution in [0.3, 0.4) is 0 Å². The lowest BCUT2D eigenvalue weighted by molar-refractivity contribution is 0.207. The summed E-state index contributed by atoms with van der Waals surface area (Å²) in [5, 5.41) is 0. The Kier molecular flexibility index (Phi) is 5.10. The molecule has 1 atom stereocenters. The summed E-state index contributed by atoms with van der Waals surface area (Å²) in [4.78, 5) is 0. The Morgan fingerprint density at radius 3 is 2.33 bits per heavy atom. The highest BCUT2D eigenvalue weighted by Crippen LogP contribution is 2.37. The van der Waals surface area contributed by atoms with Crippen molar-refractivity contribution in [3.63, 3.8) is 0 Å². The molecule has 0 heterocycles. The first-order chi connectivity index (χ1) is 8.56. The van der Waals surface area contributed by atoms with Crippen LogP contribution in [0.2, 0.25) is 0 Å². The van der Waals surface area contributed by atoms with Gasteiger partial charge < -0.3 is 10.5 Å². The zero-order chi connectivity index (χ0) is 13.1. The molecule has 18 heavy (non-hydrogen) atoms. The molecule has 1 aromatic rings. The van der Waals surface area contributed by atoms with Crippen LogP contribution in [0.15, 0.2) is 21.1 Å². The smallest absolute Gasteiger partial charge is 0.148 e. The Balaban J connectivity index is 2.15. The molecular weight excluding hydrogens is 358 g/mol. The van der Waals surface area contributed by atoms with Crippen LogP contribution in [0.1, 0.15) is 38.2 Å². The summed E-state index contributed by atoms with van der Waals surface area (Å²) >= 11 is 7.20. The number of ether oxygens (including phenoxy) is 1. The Hall–Kier alpha value is -0.0600. The number of nitrogens with two attached hydrogens (primary N) is 1. The molecule has 0 radical (unpaired) electrons. The first kappa shape index (κ1) is 14.4. The van der Waals surface area contributed by atoms with E-state index in [1.54, 1.807) is 0 Å². The molecule has 1 aliphatic rings. The fourth-order valence-electron chi connectivity index (χ4n) is 2.39. The average Bonchev–Trinajstić information content (AvgIpc) is 2.75. The average molecular weight is 377 g/mol. The van der Waals surface area contributed by atoms with Crippen molar-refractivity contribution in [1.29, 1.82) is 0 Å². The van der Waals surface area contributed by atoms with Crippen LogP contribution in [0.4, 0.5) is 0 Å². The number of halogens is 2. The van der Waals surface area contributed by atoms with E-state index in [2.05, 4.69) is 44.0 Å². The third-order valence-electron chi connectivity index (χ3n) is 3.20. The second-order valence-electron chi connectivity index (χ2n) is 5.09. The van der Waals surface area contributed by atoms with E-state index in [1.807, 2.05) is 6.92 Å². The molecule has 0 amide bonds. The maximum absolute atomic E-state index is 6.07. The van der Waals surface area contributed by atoms with Crippen molar-refractivity contribution in [2.24, 2.45) is 5.73 Å². The maximum Gasteiger partial charge on any atom is 0.148 e. The molecule has 1 aliphatic carbocycles. The predicted molar refractivity (Wildman–Crippen MR) is 82.1 cm³/mol. The van der Waals surface area contributed by atoms with Crippen molar-refractivity contribution in [2.75, 3.05) is 0 Å². The van der Waals surface area contributed by atoms with Gasteiger partial charge in [-0.15, -0.1) is 0 Å². The summed E-state index contributed by atoms with van der Waals surface area (Å²) < 4.78 is 8.10. The van der Waals surface area contributed by atoms with Crippen LogP contribution in [-0.2, 0) is 6.42 Å². The molecule has 0 spiro atoms. The topological polar surface area (TPSA) is 35.2 Å². The quantitative estimate of drug-likeness (QED) is 0.843. The fraction of sp³-hybridized carbons (Fsp3) is 0.571. The molecule has 1 fully saturated rings. The minimum absolute atomic E-state index is 0.172. The lowest BCUT2D eigenvalue weighted by atomic mass is 10.1. The molecule has 2 rings (SSSR count). The van der Waals surface area contributed by atoms with Crippen LogP contribution in [0, 0.1) is 0 Å². The minimum atomic E-state index is 0.172. The molecule has 0 saturated heterocycles. The highest BCUT2D eigenvalue weighted by atomic mass is 79.9. The third kappa shape index (κ3) is 3.72. The fourth-order valence-corrected chi connectivity index (χ4v) is 3.86. The SMILES string of the molecule is CC(N)Cc1cc(Br)c(OC2CCCC2)c(Br)c1. The first-order valence-corrected chi connectivity index (χ1v) is 8.05. The molecule has 2 N–H and O–H groups in total. The van der Waals surface area contributed by atoms with E-state index in [4.69, 9.17) is 10.5 Å². The summed E-state index contributed by atoms with van der Waals surface area (Å²) in [6.07, 6.45) is 6.14. The summed E-state index contributed by atoms with van der Waals surface area (Å²) in [5.41, 5.74) is 7.06. The Labute approximate surface area is 126 Å². The minimum Gasteiger partial charge on any atom is -0.488 e. The summed E-state index contributed by atoms with van der Waals surface area (Å²) in [6.45, 7) is 2.02. The predicted octanol–water partition coefficient (Wildman–Crippen LogP) is 4.42. The van der Waals surface area contributed by atoms with Crippen molar-refractivity contribution < 1.29 is 4.74 Å². The summed E-state index contributed by atoms with van der Waals surface area (Å²) in [5.74, 6) is 0.926. The molecule has 1 unspecified atom stereocenters. The van der Waals surface area contributed by atoms with E-state index >= 15 is 0 Å². The first-order valence-electron chi connectivity index (χ1n) is 6.46. The molecule has 1 saturated carbocycles. The lowest BCUT2D eigenvalue weighted by Gasteiger charge is -2.17. The number of hydrogen-bond donors (Lipinski definition) is 1. The van der Waals surface area contributed by atoms with E-state index < -0.39 is 0 Å². The summed E-state index contributed by atoms with van der Waals surface area (Å²) in [7, 11) is 0. The van der Waals surface area contributed by atoms with E-state index in [0.717, 1.165) is 21.1 Å². The van der Waals surface area contributed by atoms with Gasteiger partial charge in [0.25, 0.3) is 0 Å². The van der Waals surface area contributed by atoms with Crippen molar-refractivity contribution in [2.45, 2.75) is 51.2 Å². The van der Waals surface area contributed by atoms with Crippen LogP contribution in [0.25, 0.3) is 0 Å². The number of hydrogen-bond acceptors (Lipinski definition) is 2. The van der Waals surface area contributed by atoms with Crippen LogP contribution in [0.5, 0.6) is 5.75 Å². The van der Waals surface area contributed by atoms with Gasteiger partial charge in [-0.05, 0) is 88.6 Å². The summed E-state index contributed by atoms with van der Waals surface area (Å²) in [6, 6.07) is 4.39. The lowest BCUT2D eigenvalue weighted by Crippen LogP contribution is -2.18. The largest absolute Gasteiger partial charge is 0.488 e. The molecule has 2 nitrogen and oxygen atoms in total. The van der Waals surface area contributed by atoms with E-state index in [0.29, 0.717) is 6.10 Å². The van der Waals surface area contributed by atoms with Crippen LogP contribution >= 0.6 is 31.9 Å². The normalized spacial score (nSPS) is 18.0.